The Morgan fingerprint density at radius 1 is 1.10 bits per heavy atom. The van der Waals surface area contributed by atoms with Gasteiger partial charge in [-0.25, -0.2) is 14.4 Å². The summed E-state index contributed by atoms with van der Waals surface area (Å²) in [5.74, 6) is 1.37. The van der Waals surface area contributed by atoms with Crippen molar-refractivity contribution in [2.24, 2.45) is 0 Å². The summed E-state index contributed by atoms with van der Waals surface area (Å²) < 4.78 is 14.8. The van der Waals surface area contributed by atoms with E-state index in [1.165, 1.54) is 16.8 Å². The number of hydrogen-bond acceptors (Lipinski definition) is 4. The van der Waals surface area contributed by atoms with Crippen LogP contribution in [0.25, 0.3) is 17.1 Å². The fraction of sp³-hybridized carbons (Fsp3) is 0.133. The normalized spacial score (nSPS) is 10.8. The van der Waals surface area contributed by atoms with E-state index in [4.69, 9.17) is 5.73 Å². The van der Waals surface area contributed by atoms with E-state index in [1.807, 2.05) is 13.8 Å². The number of anilines is 1. The molecule has 2 heterocycles. The Balaban J connectivity index is 2.09. The molecule has 0 spiro atoms. The standard InChI is InChI=1S/C15H14FN5/c1-9-6-15(19-10(2)18-9)21-14(17)8-13(20-21)11-4-3-5-12(16)7-11/h3-8H,17H2,1-2H3. The molecule has 0 radical (unpaired) electrons. The molecule has 21 heavy (non-hydrogen) atoms. The SMILES string of the molecule is Cc1cc(-n2nc(-c3cccc(F)c3)cc2N)nc(C)n1. The molecule has 5 nitrogen and oxygen atoms in total. The number of nitrogens with two attached hydrogens (primary N) is 1. The third kappa shape index (κ3) is 2.60. The molecule has 0 atom stereocenters. The average Bonchev–Trinajstić information content (AvgIpc) is 2.80. The molecule has 0 saturated heterocycles. The van der Waals surface area contributed by atoms with Gasteiger partial charge in [-0.05, 0) is 26.0 Å². The first-order chi connectivity index (χ1) is 10.0. The van der Waals surface area contributed by atoms with Gasteiger partial charge in [0.05, 0.1) is 5.69 Å². The van der Waals surface area contributed by atoms with Gasteiger partial charge in [0.25, 0.3) is 0 Å². The molecule has 0 fully saturated rings. The summed E-state index contributed by atoms with van der Waals surface area (Å²) in [5.41, 5.74) is 8.10. The summed E-state index contributed by atoms with van der Waals surface area (Å²) in [4.78, 5) is 8.55. The lowest BCUT2D eigenvalue weighted by atomic mass is 10.1. The van der Waals surface area contributed by atoms with Gasteiger partial charge in [-0.2, -0.15) is 9.78 Å². The second-order valence-corrected chi connectivity index (χ2v) is 4.79. The van der Waals surface area contributed by atoms with E-state index in [2.05, 4.69) is 15.1 Å². The van der Waals surface area contributed by atoms with Gasteiger partial charge in [0.2, 0.25) is 0 Å². The van der Waals surface area contributed by atoms with Gasteiger partial charge in [-0.3, -0.25) is 0 Å². The molecule has 0 saturated carbocycles. The van der Waals surface area contributed by atoms with Crippen molar-refractivity contribution in [2.45, 2.75) is 13.8 Å². The minimum atomic E-state index is -0.311. The van der Waals surface area contributed by atoms with Gasteiger partial charge < -0.3 is 5.73 Å². The van der Waals surface area contributed by atoms with Gasteiger partial charge >= 0.3 is 0 Å². The van der Waals surface area contributed by atoms with Crippen LogP contribution in [0.15, 0.2) is 36.4 Å². The molecule has 0 unspecified atom stereocenters. The van der Waals surface area contributed by atoms with Crippen LogP contribution < -0.4 is 5.73 Å². The first-order valence-electron chi connectivity index (χ1n) is 6.47. The van der Waals surface area contributed by atoms with E-state index in [0.717, 1.165) is 5.69 Å². The number of nitrogen functional groups attached to an aromatic ring is 1. The van der Waals surface area contributed by atoms with Crippen LogP contribution >= 0.6 is 0 Å². The number of aryl methyl sites for hydroxylation is 2. The number of halogens is 1. The van der Waals surface area contributed by atoms with Crippen molar-refractivity contribution >= 4 is 5.82 Å². The van der Waals surface area contributed by atoms with E-state index in [-0.39, 0.29) is 5.82 Å². The molecule has 0 aliphatic carbocycles. The van der Waals surface area contributed by atoms with Crippen LogP contribution in [-0.4, -0.2) is 19.7 Å². The topological polar surface area (TPSA) is 69.6 Å². The fourth-order valence-electron chi connectivity index (χ4n) is 2.17. The lowest BCUT2D eigenvalue weighted by Crippen LogP contribution is -2.06. The highest BCUT2D eigenvalue weighted by Crippen LogP contribution is 2.23. The largest absolute Gasteiger partial charge is 0.384 e. The summed E-state index contributed by atoms with van der Waals surface area (Å²) in [6, 6.07) is 9.72. The van der Waals surface area contributed by atoms with Crippen LogP contribution in [0.5, 0.6) is 0 Å². The van der Waals surface area contributed by atoms with Gasteiger partial charge in [0.15, 0.2) is 5.82 Å². The maximum absolute atomic E-state index is 13.3. The molecule has 0 aliphatic rings. The maximum atomic E-state index is 13.3. The summed E-state index contributed by atoms with van der Waals surface area (Å²) in [6.07, 6.45) is 0. The summed E-state index contributed by atoms with van der Waals surface area (Å²) in [7, 11) is 0. The predicted molar refractivity (Wildman–Crippen MR) is 78.4 cm³/mol. The third-order valence-electron chi connectivity index (χ3n) is 3.03. The second-order valence-electron chi connectivity index (χ2n) is 4.79. The lowest BCUT2D eigenvalue weighted by Gasteiger charge is -2.04. The average molecular weight is 283 g/mol. The van der Waals surface area contributed by atoms with Crippen LogP contribution in [0.2, 0.25) is 0 Å². The Hall–Kier alpha value is -2.76. The van der Waals surface area contributed by atoms with Crippen molar-refractivity contribution in [3.8, 4) is 17.1 Å². The number of nitrogens with zero attached hydrogens (tertiary/aromatic N) is 4. The van der Waals surface area contributed by atoms with E-state index in [1.54, 1.807) is 24.3 Å². The molecule has 6 heteroatoms. The molecule has 1 aromatic carbocycles. The zero-order chi connectivity index (χ0) is 15.0. The first-order valence-corrected chi connectivity index (χ1v) is 6.47. The zero-order valence-electron chi connectivity index (χ0n) is 11.7. The van der Waals surface area contributed by atoms with E-state index in [0.29, 0.717) is 28.7 Å². The van der Waals surface area contributed by atoms with Gasteiger partial charge in [-0.1, -0.05) is 12.1 Å². The molecule has 0 aliphatic heterocycles. The van der Waals surface area contributed by atoms with Crippen LogP contribution in [0.1, 0.15) is 11.5 Å². The monoisotopic (exact) mass is 283 g/mol. The quantitative estimate of drug-likeness (QED) is 0.785. The molecule has 2 aromatic heterocycles. The molecule has 0 amide bonds. The van der Waals surface area contributed by atoms with Crippen molar-refractivity contribution in [1.82, 2.24) is 19.7 Å². The van der Waals surface area contributed by atoms with E-state index >= 15 is 0 Å². The molecule has 3 rings (SSSR count). The van der Waals surface area contributed by atoms with Gasteiger partial charge in [-0.15, -0.1) is 0 Å². The molecule has 106 valence electrons. The van der Waals surface area contributed by atoms with Crippen LogP contribution in [0, 0.1) is 19.7 Å². The summed E-state index contributed by atoms with van der Waals surface area (Å²) in [6.45, 7) is 3.69. The maximum Gasteiger partial charge on any atom is 0.159 e. The van der Waals surface area contributed by atoms with Crippen LogP contribution in [0.4, 0.5) is 10.2 Å². The first kappa shape index (κ1) is 13.2. The minimum Gasteiger partial charge on any atom is -0.384 e. The number of hydrogen-bond donors (Lipinski definition) is 1. The lowest BCUT2D eigenvalue weighted by molar-refractivity contribution is 0.628. The molecule has 3 aromatic rings. The Morgan fingerprint density at radius 2 is 1.90 bits per heavy atom. The van der Waals surface area contributed by atoms with Crippen molar-refractivity contribution in [1.29, 1.82) is 0 Å². The molecule has 0 bridgehead atoms. The predicted octanol–water partition coefficient (Wildman–Crippen LogP) is 2.67. The Morgan fingerprint density at radius 3 is 2.62 bits per heavy atom. The van der Waals surface area contributed by atoms with Gasteiger partial charge in [0, 0.05) is 23.4 Å². The Labute approximate surface area is 121 Å². The minimum absolute atomic E-state index is 0.311. The van der Waals surface area contributed by atoms with Crippen molar-refractivity contribution in [2.75, 3.05) is 5.73 Å². The smallest absolute Gasteiger partial charge is 0.159 e. The number of rotatable bonds is 2. The fourth-order valence-corrected chi connectivity index (χ4v) is 2.17. The summed E-state index contributed by atoms with van der Waals surface area (Å²) in [5, 5.41) is 4.41. The highest BCUT2D eigenvalue weighted by molar-refractivity contribution is 5.63. The van der Waals surface area contributed by atoms with E-state index in [9.17, 15) is 4.39 Å². The molecular formula is C15H14FN5. The zero-order valence-corrected chi connectivity index (χ0v) is 11.7. The third-order valence-corrected chi connectivity index (χ3v) is 3.03. The van der Waals surface area contributed by atoms with Crippen LogP contribution in [-0.2, 0) is 0 Å². The van der Waals surface area contributed by atoms with Gasteiger partial charge in [0.1, 0.15) is 17.5 Å². The van der Waals surface area contributed by atoms with Crippen LogP contribution in [0.3, 0.4) is 0 Å². The molecule has 2 N–H and O–H groups in total. The Bertz CT molecular complexity index is 789. The summed E-state index contributed by atoms with van der Waals surface area (Å²) >= 11 is 0. The molecular weight excluding hydrogens is 269 g/mol. The van der Waals surface area contributed by atoms with Crippen molar-refractivity contribution in [3.05, 3.63) is 53.7 Å². The highest BCUT2D eigenvalue weighted by atomic mass is 19.1. The second kappa shape index (κ2) is 4.97. The van der Waals surface area contributed by atoms with Crippen molar-refractivity contribution < 1.29 is 4.39 Å². The highest BCUT2D eigenvalue weighted by Gasteiger charge is 2.11. The van der Waals surface area contributed by atoms with Crippen molar-refractivity contribution in [3.63, 3.8) is 0 Å². The Kier molecular flexibility index (Phi) is 3.13. The van der Waals surface area contributed by atoms with E-state index < -0.39 is 0 Å². The number of aromatic nitrogens is 4. The number of benzene rings is 1.